The van der Waals surface area contributed by atoms with Crippen LogP contribution in [0.4, 0.5) is 4.79 Å². The first-order chi connectivity index (χ1) is 13.1. The van der Waals surface area contributed by atoms with Crippen molar-refractivity contribution >= 4 is 46.2 Å². The summed E-state index contributed by atoms with van der Waals surface area (Å²) in [6, 6.07) is 12.7. The van der Waals surface area contributed by atoms with Gasteiger partial charge in [0.25, 0.3) is 11.1 Å². The van der Waals surface area contributed by atoms with Gasteiger partial charge in [-0.05, 0) is 41.3 Å². The maximum Gasteiger partial charge on any atom is 0.294 e. The lowest BCUT2D eigenvalue weighted by molar-refractivity contribution is -0.129. The first-order valence-electron chi connectivity index (χ1n) is 8.30. The Bertz CT molecular complexity index is 850. The van der Waals surface area contributed by atoms with Crippen LogP contribution in [-0.4, -0.2) is 46.3 Å². The lowest BCUT2D eigenvalue weighted by atomic mass is 10.1. The summed E-state index contributed by atoms with van der Waals surface area (Å²) in [6.07, 6.45) is 2.11. The molecule has 3 rings (SSSR count). The minimum absolute atomic E-state index is 0.235. The second-order valence-electron chi connectivity index (χ2n) is 5.92. The number of aliphatic hydroxyl groups excluding tert-OH is 1. The summed E-state index contributed by atoms with van der Waals surface area (Å²) in [5.74, 6) is -0.957. The van der Waals surface area contributed by atoms with E-state index in [0.717, 1.165) is 27.1 Å². The quantitative estimate of drug-likeness (QED) is 0.695. The van der Waals surface area contributed by atoms with Crippen molar-refractivity contribution in [3.05, 3.63) is 63.2 Å². The van der Waals surface area contributed by atoms with Crippen LogP contribution in [0.5, 0.6) is 0 Å². The molecule has 1 saturated heterocycles. The highest BCUT2D eigenvalue weighted by Gasteiger charge is 2.36. The molecule has 0 saturated carbocycles. The third-order valence-corrected chi connectivity index (χ3v) is 5.63. The molecule has 8 heteroatoms. The van der Waals surface area contributed by atoms with Gasteiger partial charge in [0.05, 0.1) is 17.6 Å². The Hall–Kier alpha value is -2.42. The van der Waals surface area contributed by atoms with E-state index in [4.69, 9.17) is 0 Å². The van der Waals surface area contributed by atoms with Crippen molar-refractivity contribution in [2.24, 2.45) is 0 Å². The van der Waals surface area contributed by atoms with Crippen molar-refractivity contribution in [2.45, 2.75) is 12.5 Å². The molecule has 2 N–H and O–H groups in total. The van der Waals surface area contributed by atoms with E-state index >= 15 is 0 Å². The number of carbonyl (C=O) groups excluding carboxylic acids is 3. The normalized spacial score (nSPS) is 16.8. The number of aliphatic hydroxyl groups is 1. The van der Waals surface area contributed by atoms with Gasteiger partial charge in [-0.3, -0.25) is 19.3 Å². The summed E-state index contributed by atoms with van der Waals surface area (Å²) < 4.78 is 0. The minimum Gasteiger partial charge on any atom is -0.394 e. The highest BCUT2D eigenvalue weighted by molar-refractivity contribution is 8.18. The Morgan fingerprint density at radius 1 is 1.19 bits per heavy atom. The molecule has 2 aromatic rings. The highest BCUT2D eigenvalue weighted by Crippen LogP contribution is 2.32. The second-order valence-corrected chi connectivity index (χ2v) is 7.89. The van der Waals surface area contributed by atoms with E-state index in [0.29, 0.717) is 11.3 Å². The predicted molar refractivity (Wildman–Crippen MR) is 106 cm³/mol. The van der Waals surface area contributed by atoms with E-state index in [1.807, 2.05) is 47.8 Å². The summed E-state index contributed by atoms with van der Waals surface area (Å²) in [5, 5.41) is 13.6. The second kappa shape index (κ2) is 8.98. The largest absolute Gasteiger partial charge is 0.394 e. The zero-order valence-corrected chi connectivity index (χ0v) is 16.0. The molecule has 1 atom stereocenters. The summed E-state index contributed by atoms with van der Waals surface area (Å²) in [5.41, 5.74) is 0.974. The molecule has 1 fully saturated rings. The van der Waals surface area contributed by atoms with Crippen molar-refractivity contribution in [3.8, 4) is 0 Å². The van der Waals surface area contributed by atoms with Gasteiger partial charge in [-0.1, -0.05) is 36.4 Å². The number of benzene rings is 1. The number of thioether (sulfide) groups is 1. The van der Waals surface area contributed by atoms with E-state index in [1.54, 1.807) is 6.08 Å². The van der Waals surface area contributed by atoms with Crippen LogP contribution in [0.3, 0.4) is 0 Å². The van der Waals surface area contributed by atoms with E-state index in [9.17, 15) is 19.5 Å². The van der Waals surface area contributed by atoms with Gasteiger partial charge in [-0.15, -0.1) is 11.3 Å². The Kier molecular flexibility index (Phi) is 6.44. The molecule has 0 radical (unpaired) electrons. The molecule has 1 aliphatic rings. The van der Waals surface area contributed by atoms with E-state index in [2.05, 4.69) is 5.32 Å². The zero-order valence-electron chi connectivity index (χ0n) is 14.3. The maximum absolute atomic E-state index is 12.4. The fraction of sp³-hybridized carbons (Fsp3) is 0.211. The number of nitrogens with one attached hydrogen (secondary N) is 1. The molecular weight excluding hydrogens is 384 g/mol. The van der Waals surface area contributed by atoms with Crippen molar-refractivity contribution in [1.82, 2.24) is 10.2 Å². The number of amides is 3. The molecule has 140 valence electrons. The van der Waals surface area contributed by atoms with Gasteiger partial charge in [-0.25, -0.2) is 0 Å². The summed E-state index contributed by atoms with van der Waals surface area (Å²) in [4.78, 5) is 38.9. The molecule has 2 heterocycles. The van der Waals surface area contributed by atoms with E-state index in [-0.39, 0.29) is 13.2 Å². The van der Waals surface area contributed by atoms with Crippen LogP contribution in [0, 0.1) is 0 Å². The van der Waals surface area contributed by atoms with Gasteiger partial charge in [-0.2, -0.15) is 0 Å². The lowest BCUT2D eigenvalue weighted by Crippen LogP contribution is -2.45. The maximum atomic E-state index is 12.4. The molecule has 0 bridgehead atoms. The third kappa shape index (κ3) is 5.06. The van der Waals surface area contributed by atoms with Gasteiger partial charge in [0.15, 0.2) is 0 Å². The highest BCUT2D eigenvalue weighted by atomic mass is 32.2. The molecule has 3 amide bonds. The number of hydrogen-bond donors (Lipinski definition) is 2. The molecular formula is C19H18N2O4S2. The van der Waals surface area contributed by atoms with Gasteiger partial charge in [0.1, 0.15) is 6.54 Å². The van der Waals surface area contributed by atoms with Crippen LogP contribution in [-0.2, 0) is 16.0 Å². The summed E-state index contributed by atoms with van der Waals surface area (Å²) in [6.45, 7) is -0.599. The third-order valence-electron chi connectivity index (χ3n) is 3.90. The lowest BCUT2D eigenvalue weighted by Gasteiger charge is -2.18. The van der Waals surface area contributed by atoms with Gasteiger partial charge in [0, 0.05) is 4.88 Å². The average molecular weight is 402 g/mol. The van der Waals surface area contributed by atoms with Gasteiger partial charge in [0.2, 0.25) is 5.91 Å². The topological polar surface area (TPSA) is 86.7 Å². The zero-order chi connectivity index (χ0) is 19.2. The summed E-state index contributed by atoms with van der Waals surface area (Å²) in [7, 11) is 0. The van der Waals surface area contributed by atoms with E-state index < -0.39 is 23.1 Å². The average Bonchev–Trinajstić information content (AvgIpc) is 3.26. The van der Waals surface area contributed by atoms with Crippen LogP contribution >= 0.6 is 23.1 Å². The van der Waals surface area contributed by atoms with Crippen LogP contribution < -0.4 is 5.32 Å². The number of hydrogen-bond acceptors (Lipinski definition) is 6. The predicted octanol–water partition coefficient (Wildman–Crippen LogP) is 2.50. The first kappa shape index (κ1) is 19.3. The number of nitrogens with zero attached hydrogens (tertiary/aromatic N) is 1. The molecule has 0 aliphatic carbocycles. The fourth-order valence-corrected chi connectivity index (χ4v) is 4.18. The fourth-order valence-electron chi connectivity index (χ4n) is 2.62. The Morgan fingerprint density at radius 2 is 1.96 bits per heavy atom. The number of carbonyl (C=O) groups is 3. The molecule has 1 aromatic carbocycles. The number of imide groups is 1. The van der Waals surface area contributed by atoms with Crippen molar-refractivity contribution in [1.29, 1.82) is 0 Å². The van der Waals surface area contributed by atoms with Gasteiger partial charge < -0.3 is 10.4 Å². The SMILES string of the molecule is O=C(CN1C(=O)S/C(=C\c2cccs2)C1=O)N[C@@H](CO)Cc1ccccc1. The van der Waals surface area contributed by atoms with Crippen molar-refractivity contribution in [2.75, 3.05) is 13.2 Å². The Morgan fingerprint density at radius 3 is 2.63 bits per heavy atom. The Labute approximate surface area is 164 Å². The number of rotatable bonds is 7. The standard InChI is InChI=1S/C19H18N2O4S2/c22-12-14(9-13-5-2-1-3-6-13)20-17(23)11-21-18(24)16(27-19(21)25)10-15-7-4-8-26-15/h1-8,10,14,22H,9,11-12H2,(H,20,23)/b16-10-/t14-/m1/s1. The molecule has 27 heavy (non-hydrogen) atoms. The molecule has 6 nitrogen and oxygen atoms in total. The molecule has 0 spiro atoms. The van der Waals surface area contributed by atoms with Gasteiger partial charge >= 0.3 is 0 Å². The Balaban J connectivity index is 1.59. The summed E-state index contributed by atoms with van der Waals surface area (Å²) >= 11 is 2.29. The van der Waals surface area contributed by atoms with Crippen molar-refractivity contribution in [3.63, 3.8) is 0 Å². The van der Waals surface area contributed by atoms with Crippen LogP contribution in [0.15, 0.2) is 52.7 Å². The minimum atomic E-state index is -0.485. The molecule has 1 aliphatic heterocycles. The van der Waals surface area contributed by atoms with Crippen LogP contribution in [0.2, 0.25) is 0 Å². The van der Waals surface area contributed by atoms with Crippen LogP contribution in [0.1, 0.15) is 10.4 Å². The smallest absolute Gasteiger partial charge is 0.294 e. The first-order valence-corrected chi connectivity index (χ1v) is 9.99. The van der Waals surface area contributed by atoms with E-state index in [1.165, 1.54) is 11.3 Å². The van der Waals surface area contributed by atoms with Crippen LogP contribution in [0.25, 0.3) is 6.08 Å². The van der Waals surface area contributed by atoms with Crippen molar-refractivity contribution < 1.29 is 19.5 Å². The molecule has 1 aromatic heterocycles. The number of thiophene rings is 1. The molecule has 0 unspecified atom stereocenters. The monoisotopic (exact) mass is 402 g/mol.